The van der Waals surface area contributed by atoms with Crippen LogP contribution in [0, 0.1) is 0 Å². The summed E-state index contributed by atoms with van der Waals surface area (Å²) in [5, 5.41) is 1.22. The fourth-order valence-corrected chi connectivity index (χ4v) is 4.80. The van der Waals surface area contributed by atoms with Crippen molar-refractivity contribution in [1.82, 2.24) is 9.55 Å². The van der Waals surface area contributed by atoms with Crippen molar-refractivity contribution in [3.05, 3.63) is 64.4 Å². The van der Waals surface area contributed by atoms with E-state index in [2.05, 4.69) is 4.98 Å². The number of Topliss-reactive ketones (excluding diaryl/α,β-unsaturated/α-hetero) is 1. The summed E-state index contributed by atoms with van der Waals surface area (Å²) in [6.45, 7) is 0.730. The lowest BCUT2D eigenvalue weighted by Crippen LogP contribution is -2.23. The number of nitrogens with zero attached hydrogens (tertiary/aromatic N) is 3. The van der Waals surface area contributed by atoms with Gasteiger partial charge in [-0.25, -0.2) is 4.98 Å². The molecule has 7 heteroatoms. The summed E-state index contributed by atoms with van der Waals surface area (Å²) in [7, 11) is 0. The Morgan fingerprint density at radius 1 is 1.07 bits per heavy atom. The first-order valence-corrected chi connectivity index (χ1v) is 11.2. The number of rotatable bonds is 6. The van der Waals surface area contributed by atoms with Crippen LogP contribution in [-0.2, 0) is 4.79 Å². The smallest absolute Gasteiger partial charge is 0.262 e. The largest absolute Gasteiger partial charge is 0.312 e. The molecule has 0 radical (unpaired) electrons. The van der Waals surface area contributed by atoms with Gasteiger partial charge in [0.2, 0.25) is 5.91 Å². The Morgan fingerprint density at radius 2 is 1.83 bits per heavy atom. The summed E-state index contributed by atoms with van der Waals surface area (Å²) in [6.07, 6.45) is 3.40. The summed E-state index contributed by atoms with van der Waals surface area (Å²) < 4.78 is 1.75. The van der Waals surface area contributed by atoms with Crippen molar-refractivity contribution in [2.24, 2.45) is 0 Å². The van der Waals surface area contributed by atoms with Gasteiger partial charge in [0, 0.05) is 30.3 Å². The van der Waals surface area contributed by atoms with Crippen molar-refractivity contribution in [1.29, 1.82) is 0 Å². The Bertz CT molecular complexity index is 1200. The van der Waals surface area contributed by atoms with E-state index in [9.17, 15) is 14.4 Å². The molecule has 0 N–H and O–H groups in total. The van der Waals surface area contributed by atoms with Crippen LogP contribution in [-0.4, -0.2) is 33.5 Å². The quantitative estimate of drug-likeness (QED) is 0.345. The van der Waals surface area contributed by atoms with E-state index >= 15 is 0 Å². The first kappa shape index (κ1) is 19.1. The fourth-order valence-electron chi connectivity index (χ4n) is 3.84. The van der Waals surface area contributed by atoms with Crippen LogP contribution in [0.1, 0.15) is 42.1 Å². The minimum atomic E-state index is -0.0299. The standard InChI is InChI=1S/C23H21N3O3S/c27-20(15-7-9-16(10-8-15)25-13-3-6-21(25)28)14-30-23-24-19-5-2-1-4-18(19)22(29)26(23)17-11-12-17/h1-2,4-5,7-10,17H,3,6,11-14H2. The van der Waals surface area contributed by atoms with Crippen molar-refractivity contribution in [2.75, 3.05) is 17.2 Å². The molecule has 6 nitrogen and oxygen atoms in total. The maximum Gasteiger partial charge on any atom is 0.262 e. The van der Waals surface area contributed by atoms with Gasteiger partial charge in [-0.05, 0) is 55.7 Å². The summed E-state index contributed by atoms with van der Waals surface area (Å²) in [6, 6.07) is 14.7. The Labute approximate surface area is 177 Å². The molecule has 3 aromatic rings. The minimum Gasteiger partial charge on any atom is -0.312 e. The Hall–Kier alpha value is -2.93. The number of hydrogen-bond donors (Lipinski definition) is 0. The highest BCUT2D eigenvalue weighted by atomic mass is 32.2. The zero-order chi connectivity index (χ0) is 20.7. The summed E-state index contributed by atoms with van der Waals surface area (Å²) in [4.78, 5) is 44.0. The third-order valence-electron chi connectivity index (χ3n) is 5.59. The number of thioether (sulfide) groups is 1. The van der Waals surface area contributed by atoms with Crippen molar-refractivity contribution < 1.29 is 9.59 Å². The van der Waals surface area contributed by atoms with Gasteiger partial charge in [0.15, 0.2) is 10.9 Å². The van der Waals surface area contributed by atoms with Gasteiger partial charge in [-0.1, -0.05) is 23.9 Å². The molecular weight excluding hydrogens is 398 g/mol. The second-order valence-electron chi connectivity index (χ2n) is 7.73. The first-order chi connectivity index (χ1) is 14.6. The number of carbonyl (C=O) groups is 2. The Morgan fingerprint density at radius 3 is 2.53 bits per heavy atom. The van der Waals surface area contributed by atoms with E-state index in [1.165, 1.54) is 11.8 Å². The van der Waals surface area contributed by atoms with Crippen LogP contribution >= 0.6 is 11.8 Å². The van der Waals surface area contributed by atoms with Gasteiger partial charge in [0.05, 0.1) is 16.7 Å². The predicted molar refractivity (Wildman–Crippen MR) is 117 cm³/mol. The molecule has 5 rings (SSSR count). The molecular formula is C23H21N3O3S. The SMILES string of the molecule is O=C(CSc1nc2ccccc2c(=O)n1C1CC1)c1ccc(N2CCCC2=O)cc1. The van der Waals surface area contributed by atoms with E-state index in [4.69, 9.17) is 0 Å². The summed E-state index contributed by atoms with van der Waals surface area (Å²) >= 11 is 1.32. The molecule has 1 aliphatic carbocycles. The van der Waals surface area contributed by atoms with Crippen LogP contribution in [0.15, 0.2) is 58.5 Å². The molecule has 2 aromatic carbocycles. The number of hydrogen-bond acceptors (Lipinski definition) is 5. The summed E-state index contributed by atoms with van der Waals surface area (Å²) in [5.74, 6) is 0.313. The predicted octanol–water partition coefficient (Wildman–Crippen LogP) is 3.83. The second-order valence-corrected chi connectivity index (χ2v) is 8.67. The maximum absolute atomic E-state index is 12.9. The molecule has 1 amide bonds. The van der Waals surface area contributed by atoms with Gasteiger partial charge < -0.3 is 4.90 Å². The third kappa shape index (κ3) is 3.54. The van der Waals surface area contributed by atoms with Crippen LogP contribution in [0.5, 0.6) is 0 Å². The monoisotopic (exact) mass is 419 g/mol. The van der Waals surface area contributed by atoms with Gasteiger partial charge in [0.1, 0.15) is 0 Å². The number of carbonyl (C=O) groups excluding carboxylic acids is 2. The Balaban J connectivity index is 1.35. The highest BCUT2D eigenvalue weighted by molar-refractivity contribution is 7.99. The molecule has 0 unspecified atom stereocenters. The highest BCUT2D eigenvalue weighted by Gasteiger charge is 2.29. The molecule has 2 fully saturated rings. The molecule has 1 saturated carbocycles. The molecule has 152 valence electrons. The van der Waals surface area contributed by atoms with E-state index in [-0.39, 0.29) is 29.0 Å². The molecule has 0 bridgehead atoms. The average molecular weight is 420 g/mol. The van der Waals surface area contributed by atoms with Crippen LogP contribution < -0.4 is 10.5 Å². The van der Waals surface area contributed by atoms with E-state index in [0.29, 0.717) is 28.0 Å². The molecule has 0 atom stereocenters. The van der Waals surface area contributed by atoms with E-state index < -0.39 is 0 Å². The highest BCUT2D eigenvalue weighted by Crippen LogP contribution is 2.37. The van der Waals surface area contributed by atoms with Gasteiger partial charge in [0.25, 0.3) is 5.56 Å². The summed E-state index contributed by atoms with van der Waals surface area (Å²) in [5.41, 5.74) is 2.06. The van der Waals surface area contributed by atoms with Crippen LogP contribution in [0.3, 0.4) is 0 Å². The molecule has 2 heterocycles. The molecule has 1 saturated heterocycles. The average Bonchev–Trinajstić information content (AvgIpc) is 3.51. The molecule has 2 aliphatic rings. The van der Waals surface area contributed by atoms with Gasteiger partial charge in [-0.15, -0.1) is 0 Å². The normalized spacial score (nSPS) is 16.4. The zero-order valence-electron chi connectivity index (χ0n) is 16.4. The van der Waals surface area contributed by atoms with E-state index in [0.717, 1.165) is 31.5 Å². The van der Waals surface area contributed by atoms with Gasteiger partial charge in [-0.3, -0.25) is 19.0 Å². The fraction of sp³-hybridized carbons (Fsp3) is 0.304. The molecule has 1 aliphatic heterocycles. The molecule has 0 spiro atoms. The number of ketones is 1. The third-order valence-corrected chi connectivity index (χ3v) is 6.55. The zero-order valence-corrected chi connectivity index (χ0v) is 17.2. The lowest BCUT2D eigenvalue weighted by Gasteiger charge is -2.15. The topological polar surface area (TPSA) is 72.3 Å². The van der Waals surface area contributed by atoms with Crippen LogP contribution in [0.4, 0.5) is 5.69 Å². The molecule has 1 aromatic heterocycles. The van der Waals surface area contributed by atoms with Crippen LogP contribution in [0.2, 0.25) is 0 Å². The number of anilines is 1. The first-order valence-electron chi connectivity index (χ1n) is 10.2. The van der Waals surface area contributed by atoms with Gasteiger partial charge >= 0.3 is 0 Å². The number of amides is 1. The van der Waals surface area contributed by atoms with Crippen molar-refractivity contribution in [3.8, 4) is 0 Å². The van der Waals surface area contributed by atoms with E-state index in [1.54, 1.807) is 27.7 Å². The van der Waals surface area contributed by atoms with Crippen LogP contribution in [0.25, 0.3) is 10.9 Å². The van der Waals surface area contributed by atoms with Crippen molar-refractivity contribution in [3.63, 3.8) is 0 Å². The lowest BCUT2D eigenvalue weighted by atomic mass is 10.1. The van der Waals surface area contributed by atoms with Gasteiger partial charge in [-0.2, -0.15) is 0 Å². The number of aromatic nitrogens is 2. The number of fused-ring (bicyclic) bond motifs is 1. The number of benzene rings is 2. The van der Waals surface area contributed by atoms with Crippen molar-refractivity contribution in [2.45, 2.75) is 36.9 Å². The lowest BCUT2D eigenvalue weighted by molar-refractivity contribution is -0.117. The second kappa shape index (κ2) is 7.72. The molecule has 30 heavy (non-hydrogen) atoms. The van der Waals surface area contributed by atoms with Crippen molar-refractivity contribution >= 4 is 40.0 Å². The Kier molecular flexibility index (Phi) is 4.90. The number of para-hydroxylation sites is 1. The van der Waals surface area contributed by atoms with E-state index in [1.807, 2.05) is 30.3 Å². The minimum absolute atomic E-state index is 0.0240. The maximum atomic E-state index is 12.9.